The van der Waals surface area contributed by atoms with Crippen molar-refractivity contribution in [2.24, 2.45) is 5.73 Å². The Morgan fingerprint density at radius 1 is 1.00 bits per heavy atom. The van der Waals surface area contributed by atoms with Crippen molar-refractivity contribution in [3.05, 3.63) is 71.9 Å². The second-order valence-corrected chi connectivity index (χ2v) is 7.73. The van der Waals surface area contributed by atoms with Gasteiger partial charge in [-0.1, -0.05) is 48.9 Å². The van der Waals surface area contributed by atoms with Crippen molar-refractivity contribution < 1.29 is 9.53 Å². The lowest BCUT2D eigenvalue weighted by Gasteiger charge is -2.26. The minimum absolute atomic E-state index is 0.437. The van der Waals surface area contributed by atoms with Crippen LogP contribution in [0.25, 0.3) is 11.1 Å². The first-order valence-corrected chi connectivity index (χ1v) is 10.6. The summed E-state index contributed by atoms with van der Waals surface area (Å²) in [7, 11) is 0. The topological polar surface area (TPSA) is 73.4 Å². The highest BCUT2D eigenvalue weighted by molar-refractivity contribution is 5.94. The maximum absolute atomic E-state index is 11.6. The van der Waals surface area contributed by atoms with Gasteiger partial charge in [0.05, 0.1) is 12.1 Å². The van der Waals surface area contributed by atoms with Gasteiger partial charge in [0.1, 0.15) is 6.61 Å². The molecule has 30 heavy (non-hydrogen) atoms. The zero-order valence-electron chi connectivity index (χ0n) is 17.2. The Bertz CT molecular complexity index is 978. The highest BCUT2D eigenvalue weighted by atomic mass is 16.5. The number of aromatic nitrogens is 2. The van der Waals surface area contributed by atoms with Gasteiger partial charge in [0.2, 0.25) is 11.8 Å². The molecule has 0 unspecified atom stereocenters. The van der Waals surface area contributed by atoms with Gasteiger partial charge in [0, 0.05) is 18.3 Å². The molecule has 0 saturated carbocycles. The first-order chi connectivity index (χ1) is 14.7. The van der Waals surface area contributed by atoms with Crippen molar-refractivity contribution in [2.45, 2.75) is 32.4 Å². The smallest absolute Gasteiger partial charge is 0.248 e. The Hall–Kier alpha value is -3.12. The first kappa shape index (κ1) is 20.2. The van der Waals surface area contributed by atoms with Gasteiger partial charge in [-0.3, -0.25) is 9.48 Å². The number of benzene rings is 2. The van der Waals surface area contributed by atoms with Gasteiger partial charge in [-0.25, -0.2) is 0 Å². The van der Waals surface area contributed by atoms with E-state index in [4.69, 9.17) is 15.6 Å². The number of hydrogen-bond donors (Lipinski definition) is 1. The molecule has 1 saturated heterocycles. The summed E-state index contributed by atoms with van der Waals surface area (Å²) in [5, 5.41) is 4.71. The zero-order chi connectivity index (χ0) is 20.8. The zero-order valence-corrected chi connectivity index (χ0v) is 17.2. The quantitative estimate of drug-likeness (QED) is 0.621. The van der Waals surface area contributed by atoms with Crippen LogP contribution in [0.3, 0.4) is 0 Å². The third-order valence-corrected chi connectivity index (χ3v) is 5.50. The average Bonchev–Trinajstić information content (AvgIpc) is 3.21. The molecule has 1 aromatic heterocycles. The molecule has 0 bridgehead atoms. The largest absolute Gasteiger partial charge is 0.471 e. The Morgan fingerprint density at radius 3 is 2.57 bits per heavy atom. The standard InChI is InChI=1S/C24H28N4O2/c25-23(29)21-11-7-10-20(16-21)22-17-28(15-14-27-12-5-2-6-13-27)26-24(22)30-18-19-8-3-1-4-9-19/h1,3-4,7-11,16-17H,2,5-6,12-15,18H2,(H2,25,29). The summed E-state index contributed by atoms with van der Waals surface area (Å²) in [4.78, 5) is 14.1. The number of piperidine rings is 1. The summed E-state index contributed by atoms with van der Waals surface area (Å²) in [5.74, 6) is 0.125. The van der Waals surface area contributed by atoms with Gasteiger partial charge in [0.25, 0.3) is 0 Å². The van der Waals surface area contributed by atoms with Crippen LogP contribution in [0.15, 0.2) is 60.8 Å². The number of carbonyl (C=O) groups is 1. The molecule has 2 heterocycles. The van der Waals surface area contributed by atoms with Crippen LogP contribution in [0, 0.1) is 0 Å². The maximum atomic E-state index is 11.6. The van der Waals surface area contributed by atoms with E-state index >= 15 is 0 Å². The number of primary amides is 1. The number of rotatable bonds is 8. The number of ether oxygens (including phenoxy) is 1. The highest BCUT2D eigenvalue weighted by Crippen LogP contribution is 2.30. The van der Waals surface area contributed by atoms with E-state index in [0.717, 1.165) is 42.9 Å². The van der Waals surface area contributed by atoms with E-state index in [1.807, 2.05) is 53.3 Å². The molecule has 1 aliphatic heterocycles. The van der Waals surface area contributed by atoms with Gasteiger partial charge < -0.3 is 15.4 Å². The van der Waals surface area contributed by atoms with Crippen molar-refractivity contribution in [3.63, 3.8) is 0 Å². The Kier molecular flexibility index (Phi) is 6.44. The van der Waals surface area contributed by atoms with E-state index < -0.39 is 5.91 Å². The fourth-order valence-electron chi connectivity index (χ4n) is 3.82. The van der Waals surface area contributed by atoms with Crippen molar-refractivity contribution in [1.29, 1.82) is 0 Å². The highest BCUT2D eigenvalue weighted by Gasteiger charge is 2.16. The molecule has 0 radical (unpaired) electrons. The van der Waals surface area contributed by atoms with Crippen LogP contribution >= 0.6 is 0 Å². The maximum Gasteiger partial charge on any atom is 0.248 e. The van der Waals surface area contributed by atoms with Crippen LogP contribution < -0.4 is 10.5 Å². The summed E-state index contributed by atoms with van der Waals surface area (Å²) in [6.45, 7) is 4.53. The molecule has 0 spiro atoms. The third-order valence-electron chi connectivity index (χ3n) is 5.50. The second kappa shape index (κ2) is 9.59. The monoisotopic (exact) mass is 404 g/mol. The molecule has 6 heteroatoms. The van der Waals surface area contributed by atoms with Crippen molar-refractivity contribution in [3.8, 4) is 17.0 Å². The Morgan fingerprint density at radius 2 is 1.80 bits per heavy atom. The Balaban J connectivity index is 1.56. The minimum Gasteiger partial charge on any atom is -0.471 e. The van der Waals surface area contributed by atoms with Crippen LogP contribution in [-0.4, -0.2) is 40.2 Å². The van der Waals surface area contributed by atoms with E-state index in [1.54, 1.807) is 12.1 Å². The number of nitrogens with two attached hydrogens (primary N) is 1. The van der Waals surface area contributed by atoms with Crippen molar-refractivity contribution in [1.82, 2.24) is 14.7 Å². The molecule has 156 valence electrons. The molecule has 2 N–H and O–H groups in total. The van der Waals surface area contributed by atoms with E-state index in [0.29, 0.717) is 18.1 Å². The SMILES string of the molecule is NC(=O)c1cccc(-c2cn(CCN3CCCCC3)nc2OCc2ccccc2)c1. The fraction of sp³-hybridized carbons (Fsp3) is 0.333. The lowest BCUT2D eigenvalue weighted by Crippen LogP contribution is -2.32. The van der Waals surface area contributed by atoms with E-state index in [1.165, 1.54) is 19.3 Å². The predicted molar refractivity (Wildman–Crippen MR) is 117 cm³/mol. The van der Waals surface area contributed by atoms with Gasteiger partial charge in [-0.2, -0.15) is 0 Å². The van der Waals surface area contributed by atoms with Gasteiger partial charge >= 0.3 is 0 Å². The van der Waals surface area contributed by atoms with Crippen molar-refractivity contribution in [2.75, 3.05) is 19.6 Å². The fourth-order valence-corrected chi connectivity index (χ4v) is 3.82. The first-order valence-electron chi connectivity index (χ1n) is 10.6. The summed E-state index contributed by atoms with van der Waals surface area (Å²) in [6.07, 6.45) is 5.88. The summed E-state index contributed by atoms with van der Waals surface area (Å²) < 4.78 is 8.03. The van der Waals surface area contributed by atoms with Gasteiger partial charge in [-0.05, 0) is 49.2 Å². The molecule has 1 fully saturated rings. The van der Waals surface area contributed by atoms with Crippen molar-refractivity contribution >= 4 is 5.91 Å². The average molecular weight is 405 g/mol. The molecular weight excluding hydrogens is 376 g/mol. The summed E-state index contributed by atoms with van der Waals surface area (Å²) in [5.41, 5.74) is 8.77. The number of nitrogens with zero attached hydrogens (tertiary/aromatic N) is 3. The van der Waals surface area contributed by atoms with Gasteiger partial charge in [0.15, 0.2) is 0 Å². The van der Waals surface area contributed by atoms with Gasteiger partial charge in [-0.15, -0.1) is 5.10 Å². The lowest BCUT2D eigenvalue weighted by atomic mass is 10.1. The van der Waals surface area contributed by atoms with Crippen LogP contribution in [-0.2, 0) is 13.2 Å². The molecule has 4 rings (SSSR count). The number of likely N-dealkylation sites (tertiary alicyclic amines) is 1. The van der Waals surface area contributed by atoms with E-state index in [9.17, 15) is 4.79 Å². The summed E-state index contributed by atoms with van der Waals surface area (Å²) >= 11 is 0. The molecular formula is C24H28N4O2. The second-order valence-electron chi connectivity index (χ2n) is 7.73. The van der Waals surface area contributed by atoms with Crippen LogP contribution in [0.4, 0.5) is 0 Å². The van der Waals surface area contributed by atoms with E-state index in [2.05, 4.69) is 4.90 Å². The predicted octanol–water partition coefficient (Wildman–Crippen LogP) is 3.71. The minimum atomic E-state index is -0.443. The number of amides is 1. The Labute approximate surface area is 177 Å². The molecule has 6 nitrogen and oxygen atoms in total. The third kappa shape index (κ3) is 5.07. The normalized spacial score (nSPS) is 14.5. The van der Waals surface area contributed by atoms with Crippen LogP contribution in [0.1, 0.15) is 35.2 Å². The molecule has 2 aromatic carbocycles. The summed E-state index contributed by atoms with van der Waals surface area (Å²) in [6, 6.07) is 17.3. The molecule has 0 atom stereocenters. The molecule has 1 aliphatic rings. The van der Waals surface area contributed by atoms with E-state index in [-0.39, 0.29) is 0 Å². The van der Waals surface area contributed by atoms with Crippen LogP contribution in [0.2, 0.25) is 0 Å². The van der Waals surface area contributed by atoms with Crippen LogP contribution in [0.5, 0.6) is 5.88 Å². The number of hydrogen-bond acceptors (Lipinski definition) is 4. The molecule has 0 aliphatic carbocycles. The number of carbonyl (C=O) groups excluding carboxylic acids is 1. The molecule has 1 amide bonds. The lowest BCUT2D eigenvalue weighted by molar-refractivity contribution is 0.100. The molecule has 3 aromatic rings.